The Bertz CT molecular complexity index is 5060. The van der Waals surface area contributed by atoms with Crippen molar-refractivity contribution in [2.45, 2.75) is 17.8 Å². The molecule has 0 amide bonds. The Kier molecular flexibility index (Phi) is 16.4. The van der Waals surface area contributed by atoms with Crippen molar-refractivity contribution in [2.75, 3.05) is 9.80 Å². The summed E-state index contributed by atoms with van der Waals surface area (Å²) < 4.78 is 0. The van der Waals surface area contributed by atoms with Crippen LogP contribution in [0.15, 0.2) is 372 Å². The van der Waals surface area contributed by atoms with Gasteiger partial charge in [0, 0.05) is 33.9 Å². The van der Waals surface area contributed by atoms with Crippen molar-refractivity contribution in [3.8, 4) is 44.5 Å². The average molecular weight is 1240 g/mol. The van der Waals surface area contributed by atoms with Crippen molar-refractivity contribution < 1.29 is 0 Å². The molecule has 0 bridgehead atoms. The van der Waals surface area contributed by atoms with Gasteiger partial charge in [-0.2, -0.15) is 0 Å². The second kappa shape index (κ2) is 26.2. The van der Waals surface area contributed by atoms with E-state index in [1.807, 2.05) is 24.3 Å². The summed E-state index contributed by atoms with van der Waals surface area (Å²) in [5.41, 5.74) is 29.5. The van der Waals surface area contributed by atoms with Crippen LogP contribution in [0, 0.1) is 0 Å². The Labute approximate surface area is 571 Å². The van der Waals surface area contributed by atoms with E-state index in [9.17, 15) is 0 Å². The van der Waals surface area contributed by atoms with Crippen molar-refractivity contribution in [1.29, 1.82) is 0 Å². The Morgan fingerprint density at radius 2 is 0.649 bits per heavy atom. The molecule has 2 nitrogen and oxygen atoms in total. The minimum absolute atomic E-state index is 0.633. The van der Waals surface area contributed by atoms with Crippen molar-refractivity contribution in [3.05, 3.63) is 444 Å². The van der Waals surface area contributed by atoms with Crippen LogP contribution in [0.3, 0.4) is 0 Å². The summed E-state index contributed by atoms with van der Waals surface area (Å²) in [6, 6.07) is 116. The molecule has 97 heavy (non-hydrogen) atoms. The van der Waals surface area contributed by atoms with E-state index in [4.69, 9.17) is 0 Å². The van der Waals surface area contributed by atoms with Crippen molar-refractivity contribution in [1.82, 2.24) is 0 Å². The molecule has 0 spiro atoms. The summed E-state index contributed by atoms with van der Waals surface area (Å²) in [6.07, 6.45) is 18.7. The molecule has 462 valence electrons. The van der Waals surface area contributed by atoms with Crippen LogP contribution in [0.25, 0.3) is 74.9 Å². The second-order valence-electron chi connectivity index (χ2n) is 24.8. The molecule has 2 heteroatoms. The van der Waals surface area contributed by atoms with Crippen LogP contribution in [0.1, 0.15) is 79.2 Å². The van der Waals surface area contributed by atoms with E-state index in [1.165, 1.54) is 77.9 Å². The molecule has 0 N–H and O–H groups in total. The first-order valence-corrected chi connectivity index (χ1v) is 33.3. The van der Waals surface area contributed by atoms with Gasteiger partial charge in [-0.25, -0.2) is 0 Å². The Balaban J connectivity index is 0.867. The average Bonchev–Trinajstić information content (AvgIpc) is 1.56. The second-order valence-corrected chi connectivity index (χ2v) is 24.8. The summed E-state index contributed by atoms with van der Waals surface area (Å²) >= 11 is 0. The topological polar surface area (TPSA) is 6.48 Å². The maximum absolute atomic E-state index is 4.12. The molecule has 0 saturated heterocycles. The SMILES string of the molecule is C=Cc1ccc(C2(c3ccc(C=C)cc3)c3ccccc3-c3c(N(C(/C=C\C)=C/C=C/c4ccc(N(c5ccc(-c6ccccc6)cc5)c5cccc6c5-c5ccccc5C6(c5ccc(C=C)cc5)c5ccc(C=C)cc5)cc4)c4ccc(-c5ccccc5)cc4)cccc32)cc1. The number of rotatable bonds is 19. The van der Waals surface area contributed by atoms with Crippen molar-refractivity contribution in [2.24, 2.45) is 0 Å². The van der Waals surface area contributed by atoms with Gasteiger partial charge in [0.15, 0.2) is 0 Å². The van der Waals surface area contributed by atoms with E-state index in [1.54, 1.807) is 0 Å². The highest BCUT2D eigenvalue weighted by atomic mass is 15.2. The zero-order chi connectivity index (χ0) is 65.9. The lowest BCUT2D eigenvalue weighted by Crippen LogP contribution is -2.28. The van der Waals surface area contributed by atoms with Gasteiger partial charge in [-0.15, -0.1) is 0 Å². The van der Waals surface area contributed by atoms with E-state index < -0.39 is 10.8 Å². The predicted octanol–water partition coefficient (Wildman–Crippen LogP) is 25.1. The van der Waals surface area contributed by atoms with Crippen LogP contribution in [0.4, 0.5) is 28.4 Å². The van der Waals surface area contributed by atoms with Gasteiger partial charge in [0.2, 0.25) is 0 Å². The molecular weight excluding hydrogens is 1170 g/mol. The highest BCUT2D eigenvalue weighted by molar-refractivity contribution is 5.99. The lowest BCUT2D eigenvalue weighted by molar-refractivity contribution is 0.768. The van der Waals surface area contributed by atoms with Crippen LogP contribution in [-0.4, -0.2) is 0 Å². The van der Waals surface area contributed by atoms with Gasteiger partial charge in [-0.05, 0) is 173 Å². The fourth-order valence-corrected chi connectivity index (χ4v) is 15.1. The van der Waals surface area contributed by atoms with E-state index in [-0.39, 0.29) is 0 Å². The fourth-order valence-electron chi connectivity index (χ4n) is 15.1. The van der Waals surface area contributed by atoms with Gasteiger partial charge in [0.05, 0.1) is 22.2 Å². The van der Waals surface area contributed by atoms with Gasteiger partial charge in [0.25, 0.3) is 0 Å². The first-order valence-electron chi connectivity index (χ1n) is 33.3. The molecule has 0 saturated carbocycles. The van der Waals surface area contributed by atoms with Gasteiger partial charge in [-0.1, -0.05) is 336 Å². The minimum Gasteiger partial charge on any atom is -0.310 e. The Hall–Kier alpha value is -12.4. The zero-order valence-electron chi connectivity index (χ0n) is 54.4. The molecule has 0 atom stereocenters. The Morgan fingerprint density at radius 3 is 1.06 bits per heavy atom. The third kappa shape index (κ3) is 10.7. The number of nitrogens with zero attached hydrogens (tertiary/aromatic N) is 2. The van der Waals surface area contributed by atoms with Crippen LogP contribution in [-0.2, 0) is 10.8 Å². The minimum atomic E-state index is -0.645. The molecule has 0 heterocycles. The summed E-state index contributed by atoms with van der Waals surface area (Å²) in [7, 11) is 0. The Morgan fingerprint density at radius 1 is 0.309 bits per heavy atom. The molecule has 0 aromatic heterocycles. The maximum atomic E-state index is 4.12. The van der Waals surface area contributed by atoms with E-state index in [0.717, 1.165) is 73.1 Å². The monoisotopic (exact) mass is 1240 g/mol. The number of hydrogen-bond acceptors (Lipinski definition) is 2. The fraction of sp³-hybridized carbons (Fsp3) is 0.0316. The predicted molar refractivity (Wildman–Crippen MR) is 414 cm³/mol. The molecule has 0 unspecified atom stereocenters. The normalized spacial score (nSPS) is 13.1. The van der Waals surface area contributed by atoms with Crippen LogP contribution >= 0.6 is 0 Å². The summed E-state index contributed by atoms with van der Waals surface area (Å²) in [4.78, 5) is 4.88. The molecule has 0 radical (unpaired) electrons. The standard InChI is InChI=1S/C95H72N2/c1-6-24-80(96(82-63-49-74(50-64-82)72-26-13-11-14-27-72)90-37-22-35-88-92(90)84-31-17-19-33-86(84)94(88,76-53-39-67(7-2)40-54-76)77-55-41-68(8-3)42-56-77)30-21-25-71-47-61-81(62-48-71)97(83-65-51-75(52-66-83)73-28-15-12-16-29-73)91-38-23-36-89-93(91)85-32-18-20-34-87(85)95(89,78-57-43-69(9-4)44-58-78)79-59-45-70(10-5)46-60-79/h6-66H,2-5H2,1H3/b24-6-,25-21+,80-30+. The molecule has 0 fully saturated rings. The molecule has 0 aliphatic heterocycles. The quantitative estimate of drug-likeness (QED) is 0.0745. The van der Waals surface area contributed by atoms with Crippen LogP contribution < -0.4 is 9.80 Å². The number of hydrogen-bond donors (Lipinski definition) is 0. The number of fused-ring (bicyclic) bond motifs is 6. The van der Waals surface area contributed by atoms with Gasteiger partial charge in [0.1, 0.15) is 0 Å². The molecule has 15 rings (SSSR count). The molecule has 2 aliphatic carbocycles. The number of benzene rings is 13. The number of allylic oxidation sites excluding steroid dienone is 4. The lowest BCUT2D eigenvalue weighted by atomic mass is 9.67. The van der Waals surface area contributed by atoms with E-state index >= 15 is 0 Å². The summed E-state index contributed by atoms with van der Waals surface area (Å²) in [6.45, 7) is 18.6. The lowest BCUT2D eigenvalue weighted by Gasteiger charge is -2.35. The molecule has 2 aliphatic rings. The third-order valence-corrected chi connectivity index (χ3v) is 19.7. The first-order chi connectivity index (χ1) is 47.9. The molecular formula is C95H72N2. The maximum Gasteiger partial charge on any atom is 0.0714 e. The van der Waals surface area contributed by atoms with Crippen LogP contribution in [0.5, 0.6) is 0 Å². The highest BCUT2D eigenvalue weighted by Crippen LogP contribution is 2.61. The first kappa shape index (κ1) is 60.9. The van der Waals surface area contributed by atoms with E-state index in [2.05, 4.69) is 389 Å². The van der Waals surface area contributed by atoms with Crippen molar-refractivity contribution >= 4 is 58.8 Å². The third-order valence-electron chi connectivity index (χ3n) is 19.7. The van der Waals surface area contributed by atoms with Gasteiger partial charge in [-0.3, -0.25) is 0 Å². The molecule has 13 aromatic carbocycles. The summed E-state index contributed by atoms with van der Waals surface area (Å²) in [5, 5.41) is 0. The van der Waals surface area contributed by atoms with Crippen LogP contribution in [0.2, 0.25) is 0 Å². The largest absolute Gasteiger partial charge is 0.310 e. The smallest absolute Gasteiger partial charge is 0.0714 e. The summed E-state index contributed by atoms with van der Waals surface area (Å²) in [5.74, 6) is 0. The number of anilines is 5. The zero-order valence-corrected chi connectivity index (χ0v) is 54.4. The van der Waals surface area contributed by atoms with Crippen molar-refractivity contribution in [3.63, 3.8) is 0 Å². The van der Waals surface area contributed by atoms with E-state index in [0.29, 0.717) is 0 Å². The van der Waals surface area contributed by atoms with Gasteiger partial charge < -0.3 is 9.80 Å². The van der Waals surface area contributed by atoms with Gasteiger partial charge >= 0.3 is 0 Å². The molecule has 13 aromatic rings. The highest BCUT2D eigenvalue weighted by Gasteiger charge is 2.49.